The second-order valence-electron chi connectivity index (χ2n) is 15.8. The van der Waals surface area contributed by atoms with E-state index in [9.17, 15) is 14.4 Å². The highest BCUT2D eigenvalue weighted by atomic mass is 16.4. The minimum absolute atomic E-state index is 0.00607. The number of carboxylic acids is 1. The second-order valence-corrected chi connectivity index (χ2v) is 15.8. The Morgan fingerprint density at radius 3 is 2.24 bits per heavy atom. The maximum absolute atomic E-state index is 14.7. The average molecular weight is 614 g/mol. The summed E-state index contributed by atoms with van der Waals surface area (Å²) in [6, 6.07) is 15.8. The van der Waals surface area contributed by atoms with Crippen molar-refractivity contribution in [1.29, 1.82) is 0 Å². The van der Waals surface area contributed by atoms with Crippen molar-refractivity contribution in [2.45, 2.75) is 117 Å². The number of rotatable bonds is 10. The first-order chi connectivity index (χ1) is 21.2. The predicted octanol–water partition coefficient (Wildman–Crippen LogP) is 7.90. The molecule has 2 N–H and O–H groups in total. The summed E-state index contributed by atoms with van der Waals surface area (Å²) in [5.41, 5.74) is 3.95. The number of carbonyl (C=O) groups excluding carboxylic acids is 2. The Hall–Kier alpha value is -3.48. The molecule has 242 valence electrons. The third-order valence-electron chi connectivity index (χ3n) is 10.1. The molecule has 2 aliphatic carbocycles. The number of carboxylic acid groups (broad SMARTS) is 1. The van der Waals surface area contributed by atoms with Crippen molar-refractivity contribution in [1.82, 2.24) is 10.2 Å². The Morgan fingerprint density at radius 2 is 1.67 bits per heavy atom. The van der Waals surface area contributed by atoms with Crippen molar-refractivity contribution in [3.63, 3.8) is 0 Å². The number of nitrogens with zero attached hydrogens (tertiary/aromatic N) is 2. The summed E-state index contributed by atoms with van der Waals surface area (Å²) >= 11 is 0. The highest BCUT2D eigenvalue weighted by Crippen LogP contribution is 2.50. The number of benzene rings is 2. The fourth-order valence-corrected chi connectivity index (χ4v) is 7.14. The minimum Gasteiger partial charge on any atom is -0.481 e. The molecule has 3 aliphatic rings. The molecule has 1 spiro atoms. The standard InChI is InChI=1S/C38H51N3O4/c1-36(2,3)20-18-31(26-12-14-27(15-13-26)34(44)39-23-19-32(42)43)41-35(45)33(29-9-7-8-28(24-29)25-10-11-25)40-38(41)21-16-30(17-22-38)37(4,5)6/h7-9,12-15,24-25,30-31H,10-11,16-23H2,1-6H3,(H,39,44)(H,42,43). The molecule has 5 rings (SSSR count). The highest BCUT2D eigenvalue weighted by Gasteiger charge is 2.52. The van der Waals surface area contributed by atoms with Gasteiger partial charge in [-0.3, -0.25) is 19.4 Å². The van der Waals surface area contributed by atoms with Crippen LogP contribution < -0.4 is 5.32 Å². The van der Waals surface area contributed by atoms with Crippen LogP contribution in [-0.4, -0.2) is 45.7 Å². The quantitative estimate of drug-likeness (QED) is 0.285. The van der Waals surface area contributed by atoms with Crippen LogP contribution in [0.2, 0.25) is 0 Å². The van der Waals surface area contributed by atoms with Crippen LogP contribution in [0.4, 0.5) is 0 Å². The molecule has 2 saturated carbocycles. The van der Waals surface area contributed by atoms with E-state index in [0.29, 0.717) is 23.1 Å². The molecule has 1 aliphatic heterocycles. The highest BCUT2D eigenvalue weighted by molar-refractivity contribution is 6.46. The maximum Gasteiger partial charge on any atom is 0.305 e. The number of nitrogens with one attached hydrogen (secondary N) is 1. The van der Waals surface area contributed by atoms with Gasteiger partial charge < -0.3 is 15.3 Å². The molecule has 0 aromatic heterocycles. The van der Waals surface area contributed by atoms with E-state index in [-0.39, 0.29) is 41.7 Å². The van der Waals surface area contributed by atoms with Gasteiger partial charge in [0, 0.05) is 17.7 Å². The molecule has 0 saturated heterocycles. The van der Waals surface area contributed by atoms with E-state index in [2.05, 4.69) is 70.0 Å². The van der Waals surface area contributed by atoms with Gasteiger partial charge in [-0.25, -0.2) is 0 Å². The van der Waals surface area contributed by atoms with Gasteiger partial charge in [-0.05, 0) is 103 Å². The molecular weight excluding hydrogens is 562 g/mol. The Balaban J connectivity index is 1.51. The lowest BCUT2D eigenvalue weighted by Crippen LogP contribution is -2.51. The largest absolute Gasteiger partial charge is 0.481 e. The first kappa shape index (κ1) is 32.9. The van der Waals surface area contributed by atoms with Gasteiger partial charge in [-0.15, -0.1) is 0 Å². The summed E-state index contributed by atoms with van der Waals surface area (Å²) in [4.78, 5) is 45.9. The molecule has 1 heterocycles. The summed E-state index contributed by atoms with van der Waals surface area (Å²) in [5.74, 6) is -0.0805. The van der Waals surface area contributed by atoms with E-state index < -0.39 is 11.6 Å². The van der Waals surface area contributed by atoms with Crippen LogP contribution in [0.15, 0.2) is 53.5 Å². The first-order valence-electron chi connectivity index (χ1n) is 16.8. The van der Waals surface area contributed by atoms with Crippen molar-refractivity contribution in [2.24, 2.45) is 21.7 Å². The van der Waals surface area contributed by atoms with E-state index in [1.165, 1.54) is 18.4 Å². The van der Waals surface area contributed by atoms with Gasteiger partial charge in [-0.2, -0.15) is 0 Å². The normalized spacial score (nSPS) is 22.8. The predicted molar refractivity (Wildman–Crippen MR) is 178 cm³/mol. The minimum atomic E-state index is -0.950. The summed E-state index contributed by atoms with van der Waals surface area (Å²) in [5, 5.41) is 11.6. The zero-order valence-electron chi connectivity index (χ0n) is 28.0. The second kappa shape index (κ2) is 12.7. The van der Waals surface area contributed by atoms with Gasteiger partial charge in [0.05, 0.1) is 12.5 Å². The molecule has 7 heteroatoms. The fourth-order valence-electron chi connectivity index (χ4n) is 7.14. The average Bonchev–Trinajstić information content (AvgIpc) is 3.79. The van der Waals surface area contributed by atoms with E-state index in [0.717, 1.165) is 49.7 Å². The molecule has 2 aromatic rings. The Bertz CT molecular complexity index is 1430. The zero-order valence-corrected chi connectivity index (χ0v) is 28.0. The fraction of sp³-hybridized carbons (Fsp3) is 0.579. The van der Waals surface area contributed by atoms with Crippen LogP contribution in [0, 0.1) is 16.7 Å². The molecule has 2 amide bonds. The number of aliphatic imine (C=N–C) groups is 1. The van der Waals surface area contributed by atoms with E-state index in [4.69, 9.17) is 10.1 Å². The monoisotopic (exact) mass is 613 g/mol. The number of hydrogen-bond donors (Lipinski definition) is 2. The zero-order chi connectivity index (χ0) is 32.6. The lowest BCUT2D eigenvalue weighted by atomic mass is 9.69. The van der Waals surface area contributed by atoms with Gasteiger partial charge in [-0.1, -0.05) is 71.9 Å². The van der Waals surface area contributed by atoms with E-state index in [1.807, 2.05) is 18.2 Å². The summed E-state index contributed by atoms with van der Waals surface area (Å²) in [6.07, 6.45) is 7.71. The summed E-state index contributed by atoms with van der Waals surface area (Å²) < 4.78 is 0. The van der Waals surface area contributed by atoms with Crippen LogP contribution >= 0.6 is 0 Å². The molecule has 7 nitrogen and oxygen atoms in total. The lowest BCUT2D eigenvalue weighted by Gasteiger charge is -2.47. The third-order valence-corrected chi connectivity index (χ3v) is 10.1. The SMILES string of the molecule is CC(C)(C)CCC(c1ccc(C(=O)NCCC(=O)O)cc1)N1C(=O)C(c2cccc(C3CC3)c2)=NC12CCC(C(C)(C)C)CC2. The van der Waals surface area contributed by atoms with Gasteiger partial charge >= 0.3 is 5.97 Å². The van der Waals surface area contributed by atoms with Crippen LogP contribution in [-0.2, 0) is 9.59 Å². The van der Waals surface area contributed by atoms with Crippen LogP contribution in [0.1, 0.15) is 138 Å². The van der Waals surface area contributed by atoms with Crippen molar-refractivity contribution in [2.75, 3.05) is 6.54 Å². The van der Waals surface area contributed by atoms with Gasteiger partial charge in [0.1, 0.15) is 11.4 Å². The molecule has 1 unspecified atom stereocenters. The van der Waals surface area contributed by atoms with Crippen molar-refractivity contribution in [3.8, 4) is 0 Å². The molecule has 2 aromatic carbocycles. The molecule has 0 bridgehead atoms. The Morgan fingerprint density at radius 1 is 1.00 bits per heavy atom. The summed E-state index contributed by atoms with van der Waals surface area (Å²) in [7, 11) is 0. The van der Waals surface area contributed by atoms with E-state index in [1.54, 1.807) is 12.1 Å². The van der Waals surface area contributed by atoms with Crippen molar-refractivity contribution < 1.29 is 19.5 Å². The molecule has 1 atom stereocenters. The molecule has 2 fully saturated rings. The number of amides is 2. The Labute approximate surface area is 268 Å². The van der Waals surface area contributed by atoms with Crippen LogP contribution in [0.5, 0.6) is 0 Å². The smallest absolute Gasteiger partial charge is 0.305 e. The van der Waals surface area contributed by atoms with Crippen LogP contribution in [0.25, 0.3) is 0 Å². The Kier molecular flexibility index (Phi) is 9.30. The van der Waals surface area contributed by atoms with Crippen molar-refractivity contribution in [3.05, 3.63) is 70.8 Å². The molecular formula is C38H51N3O4. The number of aliphatic carboxylic acids is 1. The number of carbonyl (C=O) groups is 3. The maximum atomic E-state index is 14.7. The topological polar surface area (TPSA) is 99.1 Å². The molecule has 45 heavy (non-hydrogen) atoms. The van der Waals surface area contributed by atoms with Gasteiger partial charge in [0.25, 0.3) is 11.8 Å². The van der Waals surface area contributed by atoms with Crippen molar-refractivity contribution >= 4 is 23.5 Å². The third kappa shape index (κ3) is 7.67. The van der Waals surface area contributed by atoms with E-state index >= 15 is 0 Å². The van der Waals surface area contributed by atoms with Crippen LogP contribution in [0.3, 0.4) is 0 Å². The van der Waals surface area contributed by atoms with Gasteiger partial charge in [0.15, 0.2) is 0 Å². The summed E-state index contributed by atoms with van der Waals surface area (Å²) in [6.45, 7) is 13.7. The molecule has 0 radical (unpaired) electrons. The number of hydrogen-bond acceptors (Lipinski definition) is 4. The van der Waals surface area contributed by atoms with Gasteiger partial charge in [0.2, 0.25) is 0 Å². The first-order valence-corrected chi connectivity index (χ1v) is 16.8. The lowest BCUT2D eigenvalue weighted by molar-refractivity contribution is -0.137.